The molecular formula is C42H58N2O11. The quantitative estimate of drug-likeness (QED) is 0.231. The largest absolute Gasteiger partial charge is 0.464 e. The highest BCUT2D eigenvalue weighted by Gasteiger charge is 2.57. The van der Waals surface area contributed by atoms with Crippen molar-refractivity contribution < 1.29 is 52.4 Å². The van der Waals surface area contributed by atoms with E-state index in [4.69, 9.17) is 23.4 Å². The molecule has 3 N–H and O–H groups in total. The number of aliphatic hydroxyl groups is 1. The van der Waals surface area contributed by atoms with Crippen LogP contribution in [0.4, 0.5) is 4.79 Å². The van der Waals surface area contributed by atoms with Gasteiger partial charge in [-0.05, 0) is 68.7 Å². The lowest BCUT2D eigenvalue weighted by Crippen LogP contribution is -2.58. The maximum atomic E-state index is 14.2. The second-order valence-electron chi connectivity index (χ2n) is 16.9. The monoisotopic (exact) mass is 766 g/mol. The van der Waals surface area contributed by atoms with Crippen LogP contribution in [0.2, 0.25) is 0 Å². The first kappa shape index (κ1) is 42.1. The fourth-order valence-electron chi connectivity index (χ4n) is 8.83. The molecule has 0 aliphatic carbocycles. The number of alkyl carbamates (subject to hydrolysis) is 1. The number of carbonyl (C=O) groups is 5. The molecule has 3 aliphatic heterocycles. The Bertz CT molecular complexity index is 1710. The zero-order valence-corrected chi connectivity index (χ0v) is 33.5. The average molecular weight is 767 g/mol. The van der Waals surface area contributed by atoms with E-state index in [0.717, 1.165) is 11.1 Å². The van der Waals surface area contributed by atoms with E-state index >= 15 is 0 Å². The summed E-state index contributed by atoms with van der Waals surface area (Å²) < 4.78 is 30.0. The standard InChI is InChI=1S/C42H58N2O11/c1-22-18-24(3)52-39(34(22)47)54-37-26(5)35(48)27(6)38(49)53-31(15-16-43-32(45)20-28-12-10-13-29(19-28)30-14-11-17-51-30)42(9)36(44-40(50)55-42)25(4)33(46)23(2)21-41(37,7)8/h10-14,17,19,22-27,31,34,36-37,39,47H,15-16,18,20-21H2,1-9H3,(H,43,45)(H,44,50)/t22?,23-,24?,25+,26+,27-,31-,34?,36-,37-,39?,42-/m1/s1. The Morgan fingerprint density at radius 3 is 2.40 bits per heavy atom. The summed E-state index contributed by atoms with van der Waals surface area (Å²) in [7, 11) is 0. The first-order chi connectivity index (χ1) is 25.8. The van der Waals surface area contributed by atoms with Crippen LogP contribution in [0.25, 0.3) is 11.3 Å². The van der Waals surface area contributed by atoms with E-state index < -0.39 is 83.2 Å². The third-order valence-corrected chi connectivity index (χ3v) is 11.9. The number of nitrogens with one attached hydrogen (secondary N) is 2. The molecule has 55 heavy (non-hydrogen) atoms. The van der Waals surface area contributed by atoms with Gasteiger partial charge in [-0.15, -0.1) is 0 Å². The Labute approximate surface area is 323 Å². The van der Waals surface area contributed by atoms with E-state index in [9.17, 15) is 29.1 Å². The zero-order chi connectivity index (χ0) is 40.4. The topological polar surface area (TPSA) is 180 Å². The molecule has 0 bridgehead atoms. The van der Waals surface area contributed by atoms with Gasteiger partial charge in [0.25, 0.3) is 0 Å². The minimum absolute atomic E-state index is 0.0187. The Kier molecular flexibility index (Phi) is 13.0. The maximum Gasteiger partial charge on any atom is 0.408 e. The van der Waals surface area contributed by atoms with Crippen molar-refractivity contribution in [2.45, 2.75) is 130 Å². The molecule has 5 rings (SSSR count). The van der Waals surface area contributed by atoms with Gasteiger partial charge in [0, 0.05) is 36.3 Å². The van der Waals surface area contributed by atoms with Gasteiger partial charge in [-0.25, -0.2) is 4.79 Å². The van der Waals surface area contributed by atoms with E-state index in [1.807, 2.05) is 58.0 Å². The van der Waals surface area contributed by atoms with Crippen LogP contribution < -0.4 is 10.6 Å². The number of furan rings is 1. The van der Waals surface area contributed by atoms with Gasteiger partial charge in [-0.3, -0.25) is 19.2 Å². The highest BCUT2D eigenvalue weighted by molar-refractivity contribution is 6.00. The van der Waals surface area contributed by atoms with E-state index in [0.29, 0.717) is 18.6 Å². The number of hydrogen-bond donors (Lipinski definition) is 3. The van der Waals surface area contributed by atoms with Gasteiger partial charge in [-0.1, -0.05) is 59.7 Å². The number of Topliss-reactive ketones (excluding diaryl/α,β-unsaturated/α-hetero) is 2. The smallest absolute Gasteiger partial charge is 0.408 e. The van der Waals surface area contributed by atoms with Crippen LogP contribution >= 0.6 is 0 Å². The van der Waals surface area contributed by atoms with E-state index in [2.05, 4.69) is 10.6 Å². The Balaban J connectivity index is 1.40. The molecule has 3 aliphatic rings. The molecule has 13 nitrogen and oxygen atoms in total. The molecule has 0 spiro atoms. The lowest BCUT2D eigenvalue weighted by molar-refractivity contribution is -0.284. The molecular weight excluding hydrogens is 708 g/mol. The summed E-state index contributed by atoms with van der Waals surface area (Å²) in [4.78, 5) is 68.4. The summed E-state index contributed by atoms with van der Waals surface area (Å²) in [5, 5.41) is 16.7. The van der Waals surface area contributed by atoms with Crippen LogP contribution in [0.3, 0.4) is 0 Å². The SMILES string of the molecule is CC1CC(C)C(O)C(O[C@@H]2[C@@H](C)C(=O)[C@@H](C)C(=O)O[C@H](CCNC(=O)Cc3cccc(-c4ccco4)c3)[C@@]3(C)OC(=O)N[C@@H]3[C@@H](C)C(=O)[C@H](C)CC2(C)C)O1. The molecule has 2 aromatic rings. The first-order valence-electron chi connectivity index (χ1n) is 19.5. The van der Waals surface area contributed by atoms with Crippen molar-refractivity contribution in [2.24, 2.45) is 35.0 Å². The first-order valence-corrected chi connectivity index (χ1v) is 19.5. The lowest BCUT2D eigenvalue weighted by atomic mass is 9.69. The summed E-state index contributed by atoms with van der Waals surface area (Å²) >= 11 is 0. The molecule has 0 radical (unpaired) electrons. The van der Waals surface area contributed by atoms with Gasteiger partial charge in [0.2, 0.25) is 5.91 Å². The van der Waals surface area contributed by atoms with Crippen LogP contribution in [-0.4, -0.2) is 83.5 Å². The van der Waals surface area contributed by atoms with Gasteiger partial charge >= 0.3 is 12.1 Å². The van der Waals surface area contributed by atoms with Gasteiger partial charge in [0.1, 0.15) is 29.7 Å². The van der Waals surface area contributed by atoms with Gasteiger partial charge < -0.3 is 39.1 Å². The van der Waals surface area contributed by atoms with Crippen molar-refractivity contribution in [1.29, 1.82) is 0 Å². The molecule has 4 heterocycles. The van der Waals surface area contributed by atoms with E-state index in [1.54, 1.807) is 40.0 Å². The van der Waals surface area contributed by atoms with Crippen LogP contribution in [-0.2, 0) is 44.5 Å². The molecule has 12 atom stereocenters. The number of hydrogen-bond acceptors (Lipinski definition) is 11. The predicted octanol–water partition coefficient (Wildman–Crippen LogP) is 5.40. The summed E-state index contributed by atoms with van der Waals surface area (Å²) in [6.07, 6.45) is -2.32. The average Bonchev–Trinajstić information content (AvgIpc) is 3.78. The molecule has 302 valence electrons. The number of fused-ring (bicyclic) bond motifs is 1. The van der Waals surface area contributed by atoms with Crippen LogP contribution in [0.1, 0.15) is 87.1 Å². The molecule has 2 amide bonds. The molecule has 1 aromatic carbocycles. The zero-order valence-electron chi connectivity index (χ0n) is 33.5. The number of esters is 1. The van der Waals surface area contributed by atoms with Crippen molar-refractivity contribution >= 4 is 29.5 Å². The van der Waals surface area contributed by atoms with E-state index in [1.165, 1.54) is 6.92 Å². The summed E-state index contributed by atoms with van der Waals surface area (Å²) in [6, 6.07) is 10.2. The van der Waals surface area contributed by atoms with Gasteiger partial charge in [0.05, 0.1) is 30.9 Å². The number of carbonyl (C=O) groups excluding carboxylic acids is 5. The van der Waals surface area contributed by atoms with Crippen LogP contribution in [0.15, 0.2) is 47.1 Å². The predicted molar refractivity (Wildman–Crippen MR) is 201 cm³/mol. The van der Waals surface area contributed by atoms with Gasteiger partial charge in [-0.2, -0.15) is 0 Å². The van der Waals surface area contributed by atoms with Crippen LogP contribution in [0, 0.1) is 35.0 Å². The molecule has 4 unspecified atom stereocenters. The highest BCUT2D eigenvalue weighted by Crippen LogP contribution is 2.42. The van der Waals surface area contributed by atoms with Gasteiger partial charge in [0.15, 0.2) is 17.7 Å². The molecule has 0 saturated carbocycles. The number of benzene rings is 1. The molecule has 3 saturated heterocycles. The second-order valence-corrected chi connectivity index (χ2v) is 16.9. The highest BCUT2D eigenvalue weighted by atomic mass is 16.7. The Morgan fingerprint density at radius 2 is 1.71 bits per heavy atom. The number of aliphatic hydroxyl groups excluding tert-OH is 1. The minimum Gasteiger partial charge on any atom is -0.464 e. The van der Waals surface area contributed by atoms with Crippen molar-refractivity contribution in [1.82, 2.24) is 10.6 Å². The lowest BCUT2D eigenvalue weighted by Gasteiger charge is -2.45. The maximum absolute atomic E-state index is 14.2. The van der Waals surface area contributed by atoms with Crippen molar-refractivity contribution in [2.75, 3.05) is 6.54 Å². The second kappa shape index (κ2) is 17.0. The number of ether oxygens (including phenoxy) is 4. The molecule has 1 aromatic heterocycles. The molecule has 13 heteroatoms. The van der Waals surface area contributed by atoms with Crippen LogP contribution in [0.5, 0.6) is 0 Å². The Morgan fingerprint density at radius 1 is 0.982 bits per heavy atom. The van der Waals surface area contributed by atoms with Crippen molar-refractivity contribution in [3.05, 3.63) is 48.2 Å². The third kappa shape index (κ3) is 9.32. The normalized spacial score (nSPS) is 35.9. The number of amides is 2. The summed E-state index contributed by atoms with van der Waals surface area (Å²) in [5.41, 5.74) is -0.744. The third-order valence-electron chi connectivity index (χ3n) is 11.9. The number of cyclic esters (lactones) is 1. The van der Waals surface area contributed by atoms with Crippen molar-refractivity contribution in [3.63, 3.8) is 0 Å². The summed E-state index contributed by atoms with van der Waals surface area (Å²) in [5.74, 6) is -4.64. The Hall–Kier alpha value is -4.07. The van der Waals surface area contributed by atoms with E-state index in [-0.39, 0.29) is 43.1 Å². The number of ketones is 2. The fourth-order valence-corrected chi connectivity index (χ4v) is 8.83. The minimum atomic E-state index is -1.52. The summed E-state index contributed by atoms with van der Waals surface area (Å²) in [6.45, 7) is 15.9. The number of rotatable bonds is 8. The molecule has 3 fully saturated rings. The fraction of sp³-hybridized carbons (Fsp3) is 0.643. The van der Waals surface area contributed by atoms with Crippen molar-refractivity contribution in [3.8, 4) is 11.3 Å².